The maximum Gasteiger partial charge on any atom is 0.0727 e. The van der Waals surface area contributed by atoms with Crippen molar-refractivity contribution in [2.24, 2.45) is 0 Å². The average molecular weight is 269 g/mol. The number of rotatable bonds is 3. The highest BCUT2D eigenvalue weighted by Gasteiger charge is 2.17. The van der Waals surface area contributed by atoms with Gasteiger partial charge in [-0.3, -0.25) is 4.98 Å². The lowest BCUT2D eigenvalue weighted by Gasteiger charge is -2.23. The minimum Gasteiger partial charge on any atom is -0.398 e. The van der Waals surface area contributed by atoms with E-state index < -0.39 is 0 Å². The van der Waals surface area contributed by atoms with E-state index in [0.717, 1.165) is 42.5 Å². The molecule has 0 fully saturated rings. The molecule has 3 heteroatoms. The van der Waals surface area contributed by atoms with Crippen LogP contribution >= 0.6 is 0 Å². The highest BCUT2D eigenvalue weighted by atomic mass is 15.1. The molecule has 1 aromatic carbocycles. The van der Waals surface area contributed by atoms with Gasteiger partial charge in [0.25, 0.3) is 0 Å². The summed E-state index contributed by atoms with van der Waals surface area (Å²) in [6.07, 6.45) is 4.63. The van der Waals surface area contributed by atoms with Crippen LogP contribution < -0.4 is 10.6 Å². The van der Waals surface area contributed by atoms with E-state index >= 15 is 0 Å². The number of anilines is 2. The number of aromatic nitrogens is 1. The summed E-state index contributed by atoms with van der Waals surface area (Å²) in [5.41, 5.74) is 12.2. The van der Waals surface area contributed by atoms with Crippen LogP contribution in [0.3, 0.4) is 0 Å². The Kier molecular flexibility index (Phi) is 3.51. The Labute approximate surface area is 120 Å². The molecule has 106 valence electrons. The van der Waals surface area contributed by atoms with Crippen LogP contribution in [0.1, 0.15) is 37.9 Å². The Hall–Kier alpha value is -1.77. The van der Waals surface area contributed by atoms with E-state index in [2.05, 4.69) is 36.9 Å². The molecule has 1 aliphatic carbocycles. The molecule has 0 aliphatic heterocycles. The monoisotopic (exact) mass is 269 g/mol. The van der Waals surface area contributed by atoms with Crippen LogP contribution in [-0.2, 0) is 12.8 Å². The molecule has 3 rings (SSSR count). The Morgan fingerprint density at radius 1 is 1.15 bits per heavy atom. The van der Waals surface area contributed by atoms with Gasteiger partial charge in [0, 0.05) is 35.5 Å². The normalized spacial score (nSPS) is 14.3. The van der Waals surface area contributed by atoms with E-state index in [1.165, 1.54) is 29.8 Å². The maximum atomic E-state index is 6.43. The summed E-state index contributed by atoms with van der Waals surface area (Å²) < 4.78 is 0. The van der Waals surface area contributed by atoms with E-state index in [9.17, 15) is 0 Å². The summed E-state index contributed by atoms with van der Waals surface area (Å²) in [5, 5.41) is 1.12. The van der Waals surface area contributed by atoms with Crippen molar-refractivity contribution in [3.05, 3.63) is 29.5 Å². The molecule has 0 unspecified atom stereocenters. The number of hydrogen-bond donors (Lipinski definition) is 1. The number of hydrogen-bond acceptors (Lipinski definition) is 3. The highest BCUT2D eigenvalue weighted by molar-refractivity contribution is 5.94. The lowest BCUT2D eigenvalue weighted by atomic mass is 9.93. The number of fused-ring (bicyclic) bond motifs is 2. The van der Waals surface area contributed by atoms with Gasteiger partial charge in [-0.15, -0.1) is 0 Å². The molecule has 1 aromatic heterocycles. The van der Waals surface area contributed by atoms with Crippen molar-refractivity contribution in [3.8, 4) is 0 Å². The van der Waals surface area contributed by atoms with Gasteiger partial charge in [0.05, 0.1) is 5.52 Å². The quantitative estimate of drug-likeness (QED) is 0.926. The molecule has 1 aliphatic rings. The zero-order valence-corrected chi connectivity index (χ0v) is 12.4. The van der Waals surface area contributed by atoms with Gasteiger partial charge in [0.2, 0.25) is 0 Å². The van der Waals surface area contributed by atoms with E-state index in [4.69, 9.17) is 10.7 Å². The lowest BCUT2D eigenvalue weighted by Crippen LogP contribution is -2.21. The largest absolute Gasteiger partial charge is 0.398 e. The molecule has 0 atom stereocenters. The summed E-state index contributed by atoms with van der Waals surface area (Å²) in [6.45, 7) is 6.39. The van der Waals surface area contributed by atoms with Crippen LogP contribution in [0, 0.1) is 0 Å². The van der Waals surface area contributed by atoms with Gasteiger partial charge < -0.3 is 10.6 Å². The highest BCUT2D eigenvalue weighted by Crippen LogP contribution is 2.33. The molecule has 0 radical (unpaired) electrons. The third-order valence-corrected chi connectivity index (χ3v) is 4.42. The summed E-state index contributed by atoms with van der Waals surface area (Å²) in [7, 11) is 0. The first-order valence-electron chi connectivity index (χ1n) is 7.70. The van der Waals surface area contributed by atoms with Gasteiger partial charge in [-0.1, -0.05) is 0 Å². The Balaban J connectivity index is 2.16. The fourth-order valence-corrected chi connectivity index (χ4v) is 3.23. The molecule has 0 spiro atoms. The molecule has 0 saturated carbocycles. The van der Waals surface area contributed by atoms with Crippen LogP contribution in [0.25, 0.3) is 10.9 Å². The van der Waals surface area contributed by atoms with Crippen molar-refractivity contribution in [1.82, 2.24) is 4.98 Å². The van der Waals surface area contributed by atoms with Gasteiger partial charge in [-0.25, -0.2) is 0 Å². The molecule has 3 nitrogen and oxygen atoms in total. The molecule has 2 N–H and O–H groups in total. The number of nitrogens with two attached hydrogens (primary N) is 1. The van der Waals surface area contributed by atoms with E-state index in [1.807, 2.05) is 0 Å². The Bertz CT molecular complexity index is 630. The smallest absolute Gasteiger partial charge is 0.0727 e. The first-order valence-corrected chi connectivity index (χ1v) is 7.70. The van der Waals surface area contributed by atoms with Crippen LogP contribution in [-0.4, -0.2) is 18.1 Å². The molecular weight excluding hydrogens is 246 g/mol. The molecule has 20 heavy (non-hydrogen) atoms. The number of pyridine rings is 1. The Morgan fingerprint density at radius 3 is 2.65 bits per heavy atom. The summed E-state index contributed by atoms with van der Waals surface area (Å²) >= 11 is 0. The molecule has 0 bridgehead atoms. The van der Waals surface area contributed by atoms with Gasteiger partial charge in [0.1, 0.15) is 0 Å². The maximum absolute atomic E-state index is 6.43. The fraction of sp³-hybridized carbons (Fsp3) is 0.471. The van der Waals surface area contributed by atoms with E-state index in [-0.39, 0.29) is 0 Å². The van der Waals surface area contributed by atoms with Crippen molar-refractivity contribution in [2.45, 2.75) is 39.5 Å². The van der Waals surface area contributed by atoms with Gasteiger partial charge in [-0.05, 0) is 63.3 Å². The molecule has 0 amide bonds. The second kappa shape index (κ2) is 5.31. The van der Waals surface area contributed by atoms with Crippen molar-refractivity contribution in [2.75, 3.05) is 23.7 Å². The third kappa shape index (κ3) is 2.11. The SMILES string of the molecule is CCN(CC)c1ccc2nc3c(c(N)c2c1)CCCC3. The second-order valence-corrected chi connectivity index (χ2v) is 5.53. The van der Waals surface area contributed by atoms with Crippen LogP contribution in [0.15, 0.2) is 18.2 Å². The van der Waals surface area contributed by atoms with Gasteiger partial charge in [-0.2, -0.15) is 0 Å². The van der Waals surface area contributed by atoms with Crippen molar-refractivity contribution in [1.29, 1.82) is 0 Å². The predicted molar refractivity (Wildman–Crippen MR) is 86.4 cm³/mol. The Morgan fingerprint density at radius 2 is 1.90 bits per heavy atom. The summed E-state index contributed by atoms with van der Waals surface area (Å²) in [5.74, 6) is 0. The van der Waals surface area contributed by atoms with Crippen LogP contribution in [0.5, 0.6) is 0 Å². The van der Waals surface area contributed by atoms with Gasteiger partial charge in [0.15, 0.2) is 0 Å². The number of aryl methyl sites for hydroxylation is 1. The summed E-state index contributed by atoms with van der Waals surface area (Å²) in [4.78, 5) is 7.18. The molecular formula is C17H23N3. The van der Waals surface area contributed by atoms with E-state index in [0.29, 0.717) is 0 Å². The van der Waals surface area contributed by atoms with Crippen molar-refractivity contribution < 1.29 is 0 Å². The minimum atomic E-state index is 0.957. The number of benzene rings is 1. The lowest BCUT2D eigenvalue weighted by molar-refractivity contribution is 0.673. The topological polar surface area (TPSA) is 42.2 Å². The minimum absolute atomic E-state index is 0.957. The summed E-state index contributed by atoms with van der Waals surface area (Å²) in [6, 6.07) is 6.49. The van der Waals surface area contributed by atoms with Crippen LogP contribution in [0.2, 0.25) is 0 Å². The number of nitrogen functional groups attached to an aromatic ring is 1. The standard InChI is InChI=1S/C17H23N3/c1-3-20(4-2)12-9-10-16-14(11-12)17(18)13-7-5-6-8-15(13)19-16/h9-11H,3-8H2,1-2H3,(H2,18,19). The van der Waals surface area contributed by atoms with Crippen molar-refractivity contribution in [3.63, 3.8) is 0 Å². The zero-order valence-electron chi connectivity index (χ0n) is 12.4. The van der Waals surface area contributed by atoms with Gasteiger partial charge >= 0.3 is 0 Å². The first kappa shape index (κ1) is 13.2. The third-order valence-electron chi connectivity index (χ3n) is 4.42. The van der Waals surface area contributed by atoms with E-state index in [1.54, 1.807) is 0 Å². The molecule has 2 aromatic rings. The molecule has 1 heterocycles. The van der Waals surface area contributed by atoms with Crippen LogP contribution in [0.4, 0.5) is 11.4 Å². The second-order valence-electron chi connectivity index (χ2n) is 5.53. The first-order chi connectivity index (χ1) is 9.74. The van der Waals surface area contributed by atoms with Crippen molar-refractivity contribution >= 4 is 22.3 Å². The fourth-order valence-electron chi connectivity index (χ4n) is 3.23. The average Bonchev–Trinajstić information content (AvgIpc) is 2.49. The molecule has 0 saturated heterocycles. The number of nitrogens with zero attached hydrogens (tertiary/aromatic N) is 2. The predicted octanol–water partition coefficient (Wildman–Crippen LogP) is 3.54. The zero-order chi connectivity index (χ0) is 14.1.